The minimum absolute atomic E-state index is 0.0458. The smallest absolute Gasteiger partial charge is 0.289 e. The molecule has 1 N–H and O–H groups in total. The van der Waals surface area contributed by atoms with Crippen molar-refractivity contribution in [3.05, 3.63) is 71.4 Å². The highest BCUT2D eigenvalue weighted by Crippen LogP contribution is 2.37. The van der Waals surface area contributed by atoms with E-state index in [0.29, 0.717) is 23.7 Å². The fourth-order valence-corrected chi connectivity index (χ4v) is 2.91. The van der Waals surface area contributed by atoms with Gasteiger partial charge in [-0.05, 0) is 48.9 Å². The minimum Gasteiger partial charge on any atom is -0.503 e. The summed E-state index contributed by atoms with van der Waals surface area (Å²) in [5, 5.41) is 10.2. The number of furan rings is 1. The van der Waals surface area contributed by atoms with Crippen molar-refractivity contribution < 1.29 is 23.8 Å². The molecule has 0 saturated heterocycles. The van der Waals surface area contributed by atoms with Gasteiger partial charge in [-0.1, -0.05) is 12.1 Å². The molecule has 1 aromatic carbocycles. The van der Waals surface area contributed by atoms with Crippen LogP contribution in [0.15, 0.2) is 64.5 Å². The van der Waals surface area contributed by atoms with Crippen molar-refractivity contribution in [1.82, 2.24) is 4.90 Å². The first-order valence-corrected chi connectivity index (χ1v) is 8.22. The van der Waals surface area contributed by atoms with Crippen LogP contribution in [0.2, 0.25) is 0 Å². The Kier molecular flexibility index (Phi) is 4.93. The largest absolute Gasteiger partial charge is 0.503 e. The van der Waals surface area contributed by atoms with Crippen LogP contribution in [0, 0.1) is 0 Å². The highest BCUT2D eigenvalue weighted by molar-refractivity contribution is 6.14. The van der Waals surface area contributed by atoms with E-state index in [1.54, 1.807) is 43.4 Å². The standard InChI is InChI=1S/C20H19NO5/c1-3-25-15-8-6-13(7-9-15)18-17(19(23)20(24)21(18)2)16(22)11-10-14-5-4-12-26-14/h4-12,18,23H,3H2,1-2H3/b11-10+. The maximum Gasteiger partial charge on any atom is 0.289 e. The third kappa shape index (κ3) is 3.26. The Hall–Kier alpha value is -3.28. The second-order valence-electron chi connectivity index (χ2n) is 5.80. The normalized spacial score (nSPS) is 17.4. The van der Waals surface area contributed by atoms with E-state index in [1.807, 2.05) is 6.92 Å². The van der Waals surface area contributed by atoms with E-state index in [-0.39, 0.29) is 5.57 Å². The molecular formula is C20H19NO5. The van der Waals surface area contributed by atoms with E-state index in [0.717, 1.165) is 0 Å². The molecule has 0 bridgehead atoms. The van der Waals surface area contributed by atoms with Crippen LogP contribution in [0.4, 0.5) is 0 Å². The predicted octanol–water partition coefficient (Wildman–Crippen LogP) is 3.29. The minimum atomic E-state index is -0.660. The van der Waals surface area contributed by atoms with Gasteiger partial charge in [0, 0.05) is 7.05 Å². The Morgan fingerprint density at radius 3 is 2.65 bits per heavy atom. The molecule has 6 heteroatoms. The molecule has 26 heavy (non-hydrogen) atoms. The summed E-state index contributed by atoms with van der Waals surface area (Å²) < 4.78 is 10.6. The van der Waals surface area contributed by atoms with E-state index >= 15 is 0 Å². The molecule has 2 heterocycles. The van der Waals surface area contributed by atoms with Crippen LogP contribution in [0.1, 0.15) is 24.3 Å². The molecular weight excluding hydrogens is 334 g/mol. The fourth-order valence-electron chi connectivity index (χ4n) is 2.91. The van der Waals surface area contributed by atoms with E-state index in [1.165, 1.54) is 23.3 Å². The number of carbonyl (C=O) groups excluding carboxylic acids is 2. The molecule has 0 saturated carbocycles. The summed E-state index contributed by atoms with van der Waals surface area (Å²) in [7, 11) is 1.55. The van der Waals surface area contributed by atoms with Crippen molar-refractivity contribution in [3.8, 4) is 5.75 Å². The average Bonchev–Trinajstić information content (AvgIpc) is 3.24. The first-order chi connectivity index (χ1) is 12.5. The SMILES string of the molecule is CCOc1ccc(C2C(C(=O)/C=C/c3ccco3)=C(O)C(=O)N2C)cc1. The fraction of sp³-hybridized carbons (Fsp3) is 0.200. The van der Waals surface area contributed by atoms with Crippen molar-refractivity contribution in [1.29, 1.82) is 0 Å². The lowest BCUT2D eigenvalue weighted by Gasteiger charge is -2.22. The molecule has 3 rings (SSSR count). The van der Waals surface area contributed by atoms with Crippen LogP contribution in [0.25, 0.3) is 6.08 Å². The summed E-state index contributed by atoms with van der Waals surface area (Å²) >= 11 is 0. The summed E-state index contributed by atoms with van der Waals surface area (Å²) in [6, 6.07) is 9.85. The van der Waals surface area contributed by atoms with E-state index < -0.39 is 23.5 Å². The van der Waals surface area contributed by atoms with Gasteiger partial charge in [0.1, 0.15) is 11.5 Å². The number of ether oxygens (including phenoxy) is 1. The molecule has 0 aliphatic carbocycles. The number of ketones is 1. The number of allylic oxidation sites excluding steroid dienone is 1. The van der Waals surface area contributed by atoms with Crippen molar-refractivity contribution in [3.63, 3.8) is 0 Å². The van der Waals surface area contributed by atoms with Crippen LogP contribution in [-0.2, 0) is 9.59 Å². The zero-order valence-electron chi connectivity index (χ0n) is 14.5. The number of nitrogens with zero attached hydrogens (tertiary/aromatic N) is 1. The number of hydrogen-bond acceptors (Lipinski definition) is 5. The van der Waals surface area contributed by atoms with Crippen LogP contribution >= 0.6 is 0 Å². The second-order valence-corrected chi connectivity index (χ2v) is 5.80. The average molecular weight is 353 g/mol. The number of aliphatic hydroxyl groups excluding tert-OH is 1. The second kappa shape index (κ2) is 7.31. The molecule has 1 aromatic heterocycles. The molecule has 6 nitrogen and oxygen atoms in total. The van der Waals surface area contributed by atoms with Crippen LogP contribution in [0.5, 0.6) is 5.75 Å². The van der Waals surface area contributed by atoms with Crippen LogP contribution in [-0.4, -0.2) is 35.4 Å². The Morgan fingerprint density at radius 1 is 1.31 bits per heavy atom. The number of likely N-dealkylation sites (N-methyl/N-ethyl adjacent to an activating group) is 1. The lowest BCUT2D eigenvalue weighted by molar-refractivity contribution is -0.128. The number of hydrogen-bond donors (Lipinski definition) is 1. The summed E-state index contributed by atoms with van der Waals surface area (Å²) in [5.74, 6) is -0.356. The summed E-state index contributed by atoms with van der Waals surface area (Å²) in [4.78, 5) is 26.2. The predicted molar refractivity (Wildman–Crippen MR) is 95.5 cm³/mol. The Morgan fingerprint density at radius 2 is 2.04 bits per heavy atom. The molecule has 1 unspecified atom stereocenters. The van der Waals surface area contributed by atoms with Crippen LogP contribution in [0.3, 0.4) is 0 Å². The summed E-state index contributed by atoms with van der Waals surface area (Å²) in [6.45, 7) is 2.43. The number of carbonyl (C=O) groups is 2. The zero-order chi connectivity index (χ0) is 18.7. The van der Waals surface area contributed by atoms with Crippen molar-refractivity contribution >= 4 is 17.8 Å². The first kappa shape index (κ1) is 17.5. The third-order valence-corrected chi connectivity index (χ3v) is 4.15. The van der Waals surface area contributed by atoms with Gasteiger partial charge >= 0.3 is 0 Å². The molecule has 1 atom stereocenters. The number of rotatable bonds is 6. The van der Waals surface area contributed by atoms with E-state index in [2.05, 4.69) is 0 Å². The maximum absolute atomic E-state index is 12.6. The van der Waals surface area contributed by atoms with Gasteiger partial charge in [0.2, 0.25) is 0 Å². The topological polar surface area (TPSA) is 80.0 Å². The molecule has 0 radical (unpaired) electrons. The molecule has 134 valence electrons. The van der Waals surface area contributed by atoms with E-state index in [9.17, 15) is 14.7 Å². The Balaban J connectivity index is 1.92. The lowest BCUT2D eigenvalue weighted by Crippen LogP contribution is -2.26. The Labute approximate surface area is 151 Å². The summed E-state index contributed by atoms with van der Waals surface area (Å²) in [6.07, 6.45) is 4.29. The molecule has 1 amide bonds. The van der Waals surface area contributed by atoms with Gasteiger partial charge < -0.3 is 19.2 Å². The van der Waals surface area contributed by atoms with Crippen molar-refractivity contribution in [2.24, 2.45) is 0 Å². The first-order valence-electron chi connectivity index (χ1n) is 8.22. The molecule has 1 aliphatic heterocycles. The van der Waals surface area contributed by atoms with Crippen molar-refractivity contribution in [2.75, 3.05) is 13.7 Å². The molecule has 0 fully saturated rings. The number of aliphatic hydroxyl groups is 1. The van der Waals surface area contributed by atoms with Gasteiger partial charge in [-0.25, -0.2) is 0 Å². The number of amides is 1. The van der Waals surface area contributed by atoms with Gasteiger partial charge in [0.25, 0.3) is 5.91 Å². The van der Waals surface area contributed by atoms with Gasteiger partial charge in [-0.15, -0.1) is 0 Å². The summed E-state index contributed by atoms with van der Waals surface area (Å²) in [5.41, 5.74) is 0.757. The molecule has 0 spiro atoms. The van der Waals surface area contributed by atoms with Crippen molar-refractivity contribution in [2.45, 2.75) is 13.0 Å². The Bertz CT molecular complexity index is 862. The number of benzene rings is 1. The quantitative estimate of drug-likeness (QED) is 0.806. The van der Waals surface area contributed by atoms with Gasteiger partial charge in [0.05, 0.1) is 24.5 Å². The van der Waals surface area contributed by atoms with Gasteiger partial charge in [0.15, 0.2) is 11.5 Å². The lowest BCUT2D eigenvalue weighted by atomic mass is 9.96. The molecule has 1 aliphatic rings. The third-order valence-electron chi connectivity index (χ3n) is 4.15. The maximum atomic E-state index is 12.6. The monoisotopic (exact) mass is 353 g/mol. The zero-order valence-corrected chi connectivity index (χ0v) is 14.5. The highest BCUT2D eigenvalue weighted by atomic mass is 16.5. The van der Waals surface area contributed by atoms with Crippen LogP contribution < -0.4 is 4.74 Å². The van der Waals surface area contributed by atoms with Gasteiger partial charge in [-0.2, -0.15) is 0 Å². The highest BCUT2D eigenvalue weighted by Gasteiger charge is 2.40. The van der Waals surface area contributed by atoms with Gasteiger partial charge in [-0.3, -0.25) is 9.59 Å². The van der Waals surface area contributed by atoms with E-state index in [4.69, 9.17) is 9.15 Å². The molecule has 2 aromatic rings.